The van der Waals surface area contributed by atoms with Crippen molar-refractivity contribution in [3.05, 3.63) is 65.9 Å². The van der Waals surface area contributed by atoms with Gasteiger partial charge in [0.25, 0.3) is 5.91 Å². The summed E-state index contributed by atoms with van der Waals surface area (Å²) in [4.78, 5) is 16.1. The van der Waals surface area contributed by atoms with Crippen molar-refractivity contribution in [2.75, 3.05) is 13.6 Å². The minimum atomic E-state index is -0.306. The predicted octanol–water partition coefficient (Wildman–Crippen LogP) is 3.07. The maximum Gasteiger partial charge on any atom is 0.267 e. The minimum Gasteiger partial charge on any atom is -0.377 e. The predicted molar refractivity (Wildman–Crippen MR) is 106 cm³/mol. The normalized spacial score (nSPS) is 11.0. The lowest BCUT2D eigenvalue weighted by Crippen LogP contribution is -2.31. The average molecular weight is 335 g/mol. The van der Waals surface area contributed by atoms with Gasteiger partial charge < -0.3 is 10.6 Å². The van der Waals surface area contributed by atoms with Crippen molar-refractivity contribution in [3.8, 4) is 12.3 Å². The Morgan fingerprint density at radius 3 is 2.64 bits per heavy atom. The number of benzene rings is 1. The lowest BCUT2D eigenvalue weighted by Gasteiger charge is -2.14. The molecule has 0 saturated carbocycles. The summed E-state index contributed by atoms with van der Waals surface area (Å²) in [5.41, 5.74) is 5.19. The van der Waals surface area contributed by atoms with E-state index in [1.54, 1.807) is 7.05 Å². The maximum absolute atomic E-state index is 11.8. The van der Waals surface area contributed by atoms with Gasteiger partial charge in [0, 0.05) is 19.2 Å². The fourth-order valence-corrected chi connectivity index (χ4v) is 2.27. The summed E-state index contributed by atoms with van der Waals surface area (Å²) >= 11 is 0. The van der Waals surface area contributed by atoms with Crippen LogP contribution in [0.1, 0.15) is 30.5 Å². The van der Waals surface area contributed by atoms with Crippen molar-refractivity contribution >= 4 is 17.2 Å². The first-order valence-electron chi connectivity index (χ1n) is 7.97. The second kappa shape index (κ2) is 9.94. The molecule has 0 unspecified atom stereocenters. The SMILES string of the molecule is C#CCNC(=O)C(=C)NCc1ccc(C(/C=C\C)=NC)cc1C(=C)C. The Hall–Kier alpha value is -3.06. The number of hydrogen-bond donors (Lipinski definition) is 2. The molecule has 1 rings (SSSR count). The molecule has 0 atom stereocenters. The largest absolute Gasteiger partial charge is 0.377 e. The Labute approximate surface area is 150 Å². The van der Waals surface area contributed by atoms with Crippen LogP contribution in [0.4, 0.5) is 0 Å². The monoisotopic (exact) mass is 335 g/mol. The van der Waals surface area contributed by atoms with Gasteiger partial charge in [-0.25, -0.2) is 0 Å². The van der Waals surface area contributed by atoms with Gasteiger partial charge in [-0.1, -0.05) is 42.9 Å². The van der Waals surface area contributed by atoms with E-state index in [-0.39, 0.29) is 18.1 Å². The van der Waals surface area contributed by atoms with Gasteiger partial charge >= 0.3 is 0 Å². The maximum atomic E-state index is 11.8. The standard InChI is InChI=1S/C21H25N3O/c1-7-9-20(22-6)17-10-11-18(19(13-17)15(3)4)14-24-16(5)21(25)23-12-8-2/h2,7,9-11,13,24H,3,5,12,14H2,1,4,6H3,(H,23,25)/b9-7-,22-20?. The number of allylic oxidation sites excluding steroid dienone is 3. The van der Waals surface area contributed by atoms with Crippen molar-refractivity contribution < 1.29 is 4.79 Å². The number of carbonyl (C=O) groups excluding carboxylic acids is 1. The third kappa shape index (κ3) is 5.82. The molecule has 25 heavy (non-hydrogen) atoms. The highest BCUT2D eigenvalue weighted by molar-refractivity contribution is 6.09. The third-order valence-electron chi connectivity index (χ3n) is 3.55. The molecule has 2 N–H and O–H groups in total. The van der Waals surface area contributed by atoms with Crippen LogP contribution < -0.4 is 10.6 Å². The van der Waals surface area contributed by atoms with Gasteiger partial charge in [0.1, 0.15) is 0 Å². The summed E-state index contributed by atoms with van der Waals surface area (Å²) in [5, 5.41) is 5.60. The number of terminal acetylenes is 1. The van der Waals surface area contributed by atoms with E-state index in [9.17, 15) is 4.79 Å². The highest BCUT2D eigenvalue weighted by Gasteiger charge is 2.10. The lowest BCUT2D eigenvalue weighted by molar-refractivity contribution is -0.117. The van der Waals surface area contributed by atoms with Gasteiger partial charge in [0.15, 0.2) is 0 Å². The number of amides is 1. The van der Waals surface area contributed by atoms with E-state index in [2.05, 4.69) is 40.8 Å². The first-order valence-corrected chi connectivity index (χ1v) is 7.97. The van der Waals surface area contributed by atoms with Crippen molar-refractivity contribution in [1.82, 2.24) is 10.6 Å². The number of nitrogens with one attached hydrogen (secondary N) is 2. The topological polar surface area (TPSA) is 53.5 Å². The molecule has 0 fully saturated rings. The first kappa shape index (κ1) is 20.0. The molecule has 0 saturated heterocycles. The molecule has 130 valence electrons. The number of carbonyl (C=O) groups is 1. The van der Waals surface area contributed by atoms with Crippen molar-refractivity contribution in [2.45, 2.75) is 20.4 Å². The molecular formula is C21H25N3O. The molecule has 4 nitrogen and oxygen atoms in total. The van der Waals surface area contributed by atoms with Gasteiger partial charge in [-0.15, -0.1) is 6.42 Å². The summed E-state index contributed by atoms with van der Waals surface area (Å²) < 4.78 is 0. The van der Waals surface area contributed by atoms with Crippen molar-refractivity contribution in [1.29, 1.82) is 0 Å². The summed E-state index contributed by atoms with van der Waals surface area (Å²) in [6.45, 7) is 12.3. The molecule has 0 aromatic heterocycles. The van der Waals surface area contributed by atoms with Gasteiger partial charge in [-0.05, 0) is 37.1 Å². The smallest absolute Gasteiger partial charge is 0.267 e. The first-order chi connectivity index (χ1) is 11.9. The molecule has 0 bridgehead atoms. The Balaban J connectivity index is 2.98. The fourth-order valence-electron chi connectivity index (χ4n) is 2.27. The van der Waals surface area contributed by atoms with E-state index < -0.39 is 0 Å². The zero-order valence-corrected chi connectivity index (χ0v) is 15.1. The number of hydrogen-bond acceptors (Lipinski definition) is 3. The zero-order chi connectivity index (χ0) is 18.8. The molecule has 1 aromatic carbocycles. The molecule has 1 aromatic rings. The van der Waals surface area contributed by atoms with E-state index in [4.69, 9.17) is 6.42 Å². The molecule has 1 amide bonds. The third-order valence-corrected chi connectivity index (χ3v) is 3.55. The fraction of sp³-hybridized carbons (Fsp3) is 0.238. The van der Waals surface area contributed by atoms with E-state index in [0.29, 0.717) is 6.54 Å². The van der Waals surface area contributed by atoms with Gasteiger partial charge in [-0.2, -0.15) is 0 Å². The molecule has 0 radical (unpaired) electrons. The zero-order valence-electron chi connectivity index (χ0n) is 15.1. The van der Waals surface area contributed by atoms with E-state index in [0.717, 1.165) is 28.0 Å². The van der Waals surface area contributed by atoms with Crippen LogP contribution in [0.2, 0.25) is 0 Å². The second-order valence-corrected chi connectivity index (χ2v) is 5.48. The summed E-state index contributed by atoms with van der Waals surface area (Å²) in [6, 6.07) is 6.07. The van der Waals surface area contributed by atoms with Crippen LogP contribution in [-0.2, 0) is 11.3 Å². The molecule has 0 aliphatic carbocycles. The van der Waals surface area contributed by atoms with Gasteiger partial charge in [-0.3, -0.25) is 9.79 Å². The molecule has 4 heteroatoms. The second-order valence-electron chi connectivity index (χ2n) is 5.48. The van der Waals surface area contributed by atoms with Crippen LogP contribution in [0.15, 0.2) is 54.2 Å². The van der Waals surface area contributed by atoms with Crippen LogP contribution in [0.5, 0.6) is 0 Å². The Morgan fingerprint density at radius 1 is 1.36 bits per heavy atom. The lowest BCUT2D eigenvalue weighted by atomic mass is 9.96. The summed E-state index contributed by atoms with van der Waals surface area (Å²) in [5.74, 6) is 2.05. The van der Waals surface area contributed by atoms with E-state index in [1.165, 1.54) is 0 Å². The average Bonchev–Trinajstić information content (AvgIpc) is 2.61. The van der Waals surface area contributed by atoms with Crippen LogP contribution in [0, 0.1) is 12.3 Å². The van der Waals surface area contributed by atoms with E-state index >= 15 is 0 Å². The van der Waals surface area contributed by atoms with Crippen LogP contribution in [0.25, 0.3) is 5.57 Å². The minimum absolute atomic E-state index is 0.176. The van der Waals surface area contributed by atoms with Gasteiger partial charge in [0.2, 0.25) is 0 Å². The summed E-state index contributed by atoms with van der Waals surface area (Å²) in [6.07, 6.45) is 9.05. The van der Waals surface area contributed by atoms with Crippen molar-refractivity contribution in [3.63, 3.8) is 0 Å². The van der Waals surface area contributed by atoms with Crippen LogP contribution in [-0.4, -0.2) is 25.2 Å². The molecular weight excluding hydrogens is 310 g/mol. The molecule has 0 spiro atoms. The molecule has 0 aliphatic rings. The number of rotatable bonds is 8. The Morgan fingerprint density at radius 2 is 2.08 bits per heavy atom. The highest BCUT2D eigenvalue weighted by atomic mass is 16.2. The van der Waals surface area contributed by atoms with Gasteiger partial charge in [0.05, 0.1) is 18.0 Å². The molecule has 0 aliphatic heterocycles. The van der Waals surface area contributed by atoms with E-state index in [1.807, 2.05) is 38.1 Å². The highest BCUT2D eigenvalue weighted by Crippen LogP contribution is 2.20. The Bertz CT molecular complexity index is 764. The summed E-state index contributed by atoms with van der Waals surface area (Å²) in [7, 11) is 1.77. The van der Waals surface area contributed by atoms with Crippen LogP contribution in [0.3, 0.4) is 0 Å². The number of nitrogens with zero attached hydrogens (tertiary/aromatic N) is 1. The molecule has 0 heterocycles. The quantitative estimate of drug-likeness (QED) is 0.436. The number of aliphatic imine (C=N–C) groups is 1. The Kier molecular flexibility index (Phi) is 7.95. The van der Waals surface area contributed by atoms with Crippen LogP contribution >= 0.6 is 0 Å². The van der Waals surface area contributed by atoms with Crippen molar-refractivity contribution in [2.24, 2.45) is 4.99 Å².